The summed E-state index contributed by atoms with van der Waals surface area (Å²) in [6.07, 6.45) is 5.86. The Balaban J connectivity index is 1.51. The molecule has 4 rings (SSSR count). The summed E-state index contributed by atoms with van der Waals surface area (Å²) in [5.74, 6) is 2.62. The van der Waals surface area contributed by atoms with Crippen molar-refractivity contribution in [3.8, 4) is 5.75 Å². The molecule has 0 radical (unpaired) electrons. The Hall–Kier alpha value is -2.32. The quantitative estimate of drug-likeness (QED) is 0.237. The second kappa shape index (κ2) is 13.2. The number of amides is 1. The van der Waals surface area contributed by atoms with Crippen molar-refractivity contribution in [3.05, 3.63) is 63.4 Å². The van der Waals surface area contributed by atoms with E-state index in [1.54, 1.807) is 0 Å². The molecule has 1 amide bonds. The van der Waals surface area contributed by atoms with Crippen LogP contribution < -0.4 is 10.1 Å². The van der Waals surface area contributed by atoms with Crippen molar-refractivity contribution >= 4 is 39.3 Å². The van der Waals surface area contributed by atoms with E-state index in [0.717, 1.165) is 50.9 Å². The molecule has 3 aromatic rings. The SMILES string of the molecule is Cc1cc(OCc2nnc(SCC(=O)Nc3ccccc3C(C)C)n2C2CCCCC2)c(C(C)C)cc1Br. The summed E-state index contributed by atoms with van der Waals surface area (Å²) in [4.78, 5) is 12.9. The molecule has 0 atom stereocenters. The average Bonchev–Trinajstić information content (AvgIpc) is 3.31. The molecule has 0 saturated heterocycles. The standard InChI is InChI=1S/C30H39BrN4O2S/c1-19(2)23-13-9-10-14-26(23)32-29(36)18-38-30-34-33-28(35(30)22-11-7-6-8-12-22)17-37-27-15-21(5)25(31)16-24(27)20(3)4/h9-10,13-16,19-20,22H,6-8,11-12,17-18H2,1-5H3,(H,32,36). The van der Waals surface area contributed by atoms with Gasteiger partial charge in [-0.3, -0.25) is 9.36 Å². The van der Waals surface area contributed by atoms with Gasteiger partial charge >= 0.3 is 0 Å². The Labute approximate surface area is 239 Å². The molecule has 8 heteroatoms. The number of carbonyl (C=O) groups excluding carboxylic acids is 1. The third-order valence-corrected chi connectivity index (χ3v) is 8.93. The van der Waals surface area contributed by atoms with Gasteiger partial charge in [-0.2, -0.15) is 0 Å². The molecule has 1 saturated carbocycles. The predicted octanol–water partition coefficient (Wildman–Crippen LogP) is 8.41. The molecular weight excluding hydrogens is 560 g/mol. The molecule has 6 nitrogen and oxygen atoms in total. The van der Waals surface area contributed by atoms with Crippen LogP contribution in [0.2, 0.25) is 0 Å². The lowest BCUT2D eigenvalue weighted by molar-refractivity contribution is -0.113. The first-order valence-electron chi connectivity index (χ1n) is 13.6. The van der Waals surface area contributed by atoms with Crippen molar-refractivity contribution in [2.24, 2.45) is 0 Å². The number of benzene rings is 2. The number of nitrogens with zero attached hydrogens (tertiary/aromatic N) is 3. The summed E-state index contributed by atoms with van der Waals surface area (Å²) < 4.78 is 9.70. The van der Waals surface area contributed by atoms with E-state index in [4.69, 9.17) is 4.74 Å². The van der Waals surface area contributed by atoms with Crippen LogP contribution in [0.1, 0.15) is 100 Å². The van der Waals surface area contributed by atoms with E-state index in [0.29, 0.717) is 24.5 Å². The minimum absolute atomic E-state index is 0.0361. The number of carbonyl (C=O) groups is 1. The molecule has 0 spiro atoms. The summed E-state index contributed by atoms with van der Waals surface area (Å²) >= 11 is 5.11. The molecule has 1 fully saturated rings. The zero-order valence-corrected chi connectivity index (χ0v) is 25.5. The lowest BCUT2D eigenvalue weighted by Crippen LogP contribution is -2.19. The molecule has 0 unspecified atom stereocenters. The molecule has 38 heavy (non-hydrogen) atoms. The highest BCUT2D eigenvalue weighted by atomic mass is 79.9. The number of aromatic nitrogens is 3. The largest absolute Gasteiger partial charge is 0.485 e. The fraction of sp³-hybridized carbons (Fsp3) is 0.500. The molecule has 0 bridgehead atoms. The van der Waals surface area contributed by atoms with Crippen LogP contribution in [-0.2, 0) is 11.4 Å². The molecule has 0 aliphatic heterocycles. The third-order valence-electron chi connectivity index (χ3n) is 7.13. The topological polar surface area (TPSA) is 69.0 Å². The van der Waals surface area contributed by atoms with Gasteiger partial charge in [0, 0.05) is 16.2 Å². The Morgan fingerprint density at radius 1 is 1.08 bits per heavy atom. The molecular formula is C30H39BrN4O2S. The monoisotopic (exact) mass is 598 g/mol. The molecule has 1 aliphatic rings. The number of thioether (sulfide) groups is 1. The van der Waals surface area contributed by atoms with Gasteiger partial charge in [0.2, 0.25) is 5.91 Å². The van der Waals surface area contributed by atoms with E-state index in [-0.39, 0.29) is 11.7 Å². The highest BCUT2D eigenvalue weighted by molar-refractivity contribution is 9.10. The Bertz CT molecular complexity index is 1250. The van der Waals surface area contributed by atoms with Crippen LogP contribution >= 0.6 is 27.7 Å². The van der Waals surface area contributed by atoms with Crippen LogP contribution in [-0.4, -0.2) is 26.4 Å². The number of aryl methyl sites for hydroxylation is 1. The van der Waals surface area contributed by atoms with Gasteiger partial charge in [0.25, 0.3) is 0 Å². The zero-order valence-electron chi connectivity index (χ0n) is 23.1. The van der Waals surface area contributed by atoms with Crippen LogP contribution in [0, 0.1) is 6.92 Å². The van der Waals surface area contributed by atoms with Gasteiger partial charge in [-0.25, -0.2) is 0 Å². The first-order valence-corrected chi connectivity index (χ1v) is 15.4. The van der Waals surface area contributed by atoms with Gasteiger partial charge in [0.15, 0.2) is 11.0 Å². The normalized spacial score (nSPS) is 14.3. The number of ether oxygens (including phenoxy) is 1. The summed E-state index contributed by atoms with van der Waals surface area (Å²) in [7, 11) is 0. The van der Waals surface area contributed by atoms with Crippen LogP contribution in [0.3, 0.4) is 0 Å². The second-order valence-corrected chi connectivity index (χ2v) is 12.5. The summed E-state index contributed by atoms with van der Waals surface area (Å²) in [6, 6.07) is 12.6. The van der Waals surface area contributed by atoms with Crippen molar-refractivity contribution in [2.45, 2.75) is 96.4 Å². The number of para-hydroxylation sites is 1. The maximum Gasteiger partial charge on any atom is 0.234 e. The molecule has 1 aromatic heterocycles. The van der Waals surface area contributed by atoms with E-state index in [9.17, 15) is 4.79 Å². The van der Waals surface area contributed by atoms with Gasteiger partial charge in [-0.05, 0) is 66.5 Å². The Kier molecular flexibility index (Phi) is 9.93. The minimum Gasteiger partial charge on any atom is -0.485 e. The lowest BCUT2D eigenvalue weighted by atomic mass is 9.95. The van der Waals surface area contributed by atoms with Gasteiger partial charge < -0.3 is 10.1 Å². The van der Waals surface area contributed by atoms with E-state index < -0.39 is 0 Å². The van der Waals surface area contributed by atoms with Crippen LogP contribution in [0.4, 0.5) is 5.69 Å². The minimum atomic E-state index is -0.0361. The highest BCUT2D eigenvalue weighted by Crippen LogP contribution is 2.35. The highest BCUT2D eigenvalue weighted by Gasteiger charge is 2.24. The van der Waals surface area contributed by atoms with Gasteiger partial charge in [0.1, 0.15) is 12.4 Å². The third kappa shape index (κ3) is 7.00. The number of rotatable bonds is 10. The van der Waals surface area contributed by atoms with Crippen molar-refractivity contribution in [1.29, 1.82) is 0 Å². The number of halogens is 1. The van der Waals surface area contributed by atoms with Crippen LogP contribution in [0.5, 0.6) is 5.75 Å². The maximum atomic E-state index is 12.9. The summed E-state index contributed by atoms with van der Waals surface area (Å²) in [5.41, 5.74) is 4.32. The smallest absolute Gasteiger partial charge is 0.234 e. The number of hydrogen-bond donors (Lipinski definition) is 1. The van der Waals surface area contributed by atoms with Crippen molar-refractivity contribution < 1.29 is 9.53 Å². The van der Waals surface area contributed by atoms with E-state index in [1.165, 1.54) is 36.6 Å². The molecule has 1 aliphatic carbocycles. The number of anilines is 1. The summed E-state index contributed by atoms with van der Waals surface area (Å²) in [6.45, 7) is 11.0. The van der Waals surface area contributed by atoms with Gasteiger partial charge in [0.05, 0.1) is 5.75 Å². The maximum absolute atomic E-state index is 12.9. The number of nitrogens with one attached hydrogen (secondary N) is 1. The molecule has 1 N–H and O–H groups in total. The van der Waals surface area contributed by atoms with Crippen LogP contribution in [0.25, 0.3) is 0 Å². The second-order valence-electron chi connectivity index (χ2n) is 10.7. The molecule has 2 aromatic carbocycles. The van der Waals surface area contributed by atoms with E-state index >= 15 is 0 Å². The van der Waals surface area contributed by atoms with Crippen molar-refractivity contribution in [2.75, 3.05) is 11.1 Å². The first-order chi connectivity index (χ1) is 18.2. The van der Waals surface area contributed by atoms with Gasteiger partial charge in [-0.15, -0.1) is 10.2 Å². The molecule has 1 heterocycles. The fourth-order valence-electron chi connectivity index (χ4n) is 5.03. The first kappa shape index (κ1) is 28.7. The zero-order chi connectivity index (χ0) is 27.2. The van der Waals surface area contributed by atoms with Crippen molar-refractivity contribution in [3.63, 3.8) is 0 Å². The predicted molar refractivity (Wildman–Crippen MR) is 159 cm³/mol. The van der Waals surface area contributed by atoms with Crippen molar-refractivity contribution in [1.82, 2.24) is 14.8 Å². The summed E-state index contributed by atoms with van der Waals surface area (Å²) in [5, 5.41) is 13.0. The molecule has 204 valence electrons. The Morgan fingerprint density at radius 3 is 2.50 bits per heavy atom. The lowest BCUT2D eigenvalue weighted by Gasteiger charge is -2.26. The van der Waals surface area contributed by atoms with E-state index in [2.05, 4.69) is 88.8 Å². The number of hydrogen-bond acceptors (Lipinski definition) is 5. The van der Waals surface area contributed by atoms with Gasteiger partial charge in [-0.1, -0.05) is 92.8 Å². The van der Waals surface area contributed by atoms with Crippen LogP contribution in [0.15, 0.2) is 46.0 Å². The Morgan fingerprint density at radius 2 is 1.79 bits per heavy atom. The van der Waals surface area contributed by atoms with E-state index in [1.807, 2.05) is 18.2 Å². The average molecular weight is 600 g/mol. The fourth-order valence-corrected chi connectivity index (χ4v) is 6.22.